The van der Waals surface area contributed by atoms with Crippen molar-refractivity contribution in [2.45, 2.75) is 6.92 Å². The molecule has 0 aromatic carbocycles. The fourth-order valence-corrected chi connectivity index (χ4v) is 1.27. The second-order valence-corrected chi connectivity index (χ2v) is 2.79. The number of hydrogen-bond donors (Lipinski definition) is 0. The van der Waals surface area contributed by atoms with Gasteiger partial charge in [-0.05, 0) is 35.0 Å². The van der Waals surface area contributed by atoms with Gasteiger partial charge in [0, 0.05) is 11.3 Å². The molecule has 0 N–H and O–H groups in total. The zero-order chi connectivity index (χ0) is 7.56. The Bertz CT molecular complexity index is 240. The average molecular weight is 200 g/mol. The molecule has 0 atom stereocenters. The van der Waals surface area contributed by atoms with E-state index in [2.05, 4.69) is 20.9 Å². The SMILES string of the molecule is Cc1cc(C=O)cc(Br)n1. The Morgan fingerprint density at radius 2 is 2.30 bits per heavy atom. The second-order valence-electron chi connectivity index (χ2n) is 1.98. The highest BCUT2D eigenvalue weighted by Crippen LogP contribution is 2.08. The predicted octanol–water partition coefficient (Wildman–Crippen LogP) is 1.97. The summed E-state index contributed by atoms with van der Waals surface area (Å²) in [6, 6.07) is 3.41. The monoisotopic (exact) mass is 199 g/mol. The maximum Gasteiger partial charge on any atom is 0.150 e. The molecule has 1 rings (SSSR count). The molecule has 1 aromatic rings. The first-order chi connectivity index (χ1) is 4.72. The molecular weight excluding hydrogens is 194 g/mol. The van der Waals surface area contributed by atoms with Crippen molar-refractivity contribution in [2.75, 3.05) is 0 Å². The molecule has 0 aliphatic rings. The standard InChI is InChI=1S/C7H6BrNO/c1-5-2-6(4-10)3-7(8)9-5/h2-4H,1H3. The van der Waals surface area contributed by atoms with Crippen LogP contribution in [0.5, 0.6) is 0 Å². The maximum absolute atomic E-state index is 10.3. The Morgan fingerprint density at radius 3 is 2.80 bits per heavy atom. The highest BCUT2D eigenvalue weighted by molar-refractivity contribution is 9.10. The molecule has 0 unspecified atom stereocenters. The van der Waals surface area contributed by atoms with Gasteiger partial charge in [0.25, 0.3) is 0 Å². The Labute approximate surface area is 67.4 Å². The van der Waals surface area contributed by atoms with Gasteiger partial charge in [-0.15, -0.1) is 0 Å². The van der Waals surface area contributed by atoms with Gasteiger partial charge in [-0.1, -0.05) is 0 Å². The minimum absolute atomic E-state index is 0.652. The Kier molecular flexibility index (Phi) is 2.17. The Hall–Kier alpha value is -0.700. The van der Waals surface area contributed by atoms with Crippen LogP contribution in [-0.2, 0) is 0 Å². The molecule has 0 aliphatic heterocycles. The first kappa shape index (κ1) is 7.41. The molecule has 52 valence electrons. The fraction of sp³-hybridized carbons (Fsp3) is 0.143. The topological polar surface area (TPSA) is 30.0 Å². The van der Waals surface area contributed by atoms with Crippen LogP contribution in [0.25, 0.3) is 0 Å². The molecule has 2 nitrogen and oxygen atoms in total. The van der Waals surface area contributed by atoms with Gasteiger partial charge < -0.3 is 0 Å². The molecule has 3 heteroatoms. The van der Waals surface area contributed by atoms with E-state index in [1.54, 1.807) is 12.1 Å². The number of aryl methyl sites for hydroxylation is 1. The van der Waals surface area contributed by atoms with Gasteiger partial charge in [0.15, 0.2) is 0 Å². The molecule has 0 bridgehead atoms. The first-order valence-corrected chi connectivity index (χ1v) is 3.61. The van der Waals surface area contributed by atoms with E-state index < -0.39 is 0 Å². The number of aromatic nitrogens is 1. The summed E-state index contributed by atoms with van der Waals surface area (Å²) in [7, 11) is 0. The van der Waals surface area contributed by atoms with Gasteiger partial charge in [0.2, 0.25) is 0 Å². The molecule has 10 heavy (non-hydrogen) atoms. The number of carbonyl (C=O) groups excluding carboxylic acids is 1. The third-order valence-electron chi connectivity index (χ3n) is 1.08. The molecule has 0 amide bonds. The van der Waals surface area contributed by atoms with E-state index in [-0.39, 0.29) is 0 Å². The minimum atomic E-state index is 0.652. The number of halogens is 1. The zero-order valence-electron chi connectivity index (χ0n) is 5.47. The van der Waals surface area contributed by atoms with E-state index in [1.165, 1.54) is 0 Å². The number of aldehydes is 1. The maximum atomic E-state index is 10.3. The zero-order valence-corrected chi connectivity index (χ0v) is 7.05. The minimum Gasteiger partial charge on any atom is -0.298 e. The molecule has 0 saturated carbocycles. The third kappa shape index (κ3) is 1.64. The number of pyridine rings is 1. The Balaban J connectivity index is 3.18. The van der Waals surface area contributed by atoms with E-state index in [1.807, 2.05) is 6.92 Å². The Morgan fingerprint density at radius 1 is 1.60 bits per heavy atom. The largest absolute Gasteiger partial charge is 0.298 e. The van der Waals surface area contributed by atoms with Crippen molar-refractivity contribution >= 4 is 22.2 Å². The molecular formula is C7H6BrNO. The molecule has 1 aromatic heterocycles. The van der Waals surface area contributed by atoms with E-state index >= 15 is 0 Å². The molecule has 0 fully saturated rings. The highest BCUT2D eigenvalue weighted by atomic mass is 79.9. The number of hydrogen-bond acceptors (Lipinski definition) is 2. The lowest BCUT2D eigenvalue weighted by atomic mass is 10.2. The summed E-state index contributed by atoms with van der Waals surface area (Å²) in [4.78, 5) is 14.3. The molecule has 0 saturated heterocycles. The highest BCUT2D eigenvalue weighted by Gasteiger charge is 1.94. The number of carbonyl (C=O) groups is 1. The predicted molar refractivity (Wildman–Crippen MR) is 42.1 cm³/mol. The van der Waals surface area contributed by atoms with Crippen LogP contribution >= 0.6 is 15.9 Å². The summed E-state index contributed by atoms with van der Waals surface area (Å²) in [6.07, 6.45) is 0.805. The lowest BCUT2D eigenvalue weighted by Crippen LogP contribution is -1.86. The van der Waals surface area contributed by atoms with E-state index in [9.17, 15) is 4.79 Å². The number of nitrogens with zero attached hydrogens (tertiary/aromatic N) is 1. The van der Waals surface area contributed by atoms with Gasteiger partial charge in [-0.25, -0.2) is 4.98 Å². The van der Waals surface area contributed by atoms with Crippen LogP contribution < -0.4 is 0 Å². The van der Waals surface area contributed by atoms with Crippen molar-refractivity contribution in [2.24, 2.45) is 0 Å². The molecule has 0 radical (unpaired) electrons. The quantitative estimate of drug-likeness (QED) is 0.512. The van der Waals surface area contributed by atoms with Crippen LogP contribution in [0.1, 0.15) is 16.1 Å². The second kappa shape index (κ2) is 2.92. The van der Waals surface area contributed by atoms with E-state index in [4.69, 9.17) is 0 Å². The summed E-state index contributed by atoms with van der Waals surface area (Å²) in [5.41, 5.74) is 1.50. The van der Waals surface area contributed by atoms with Crippen molar-refractivity contribution in [1.29, 1.82) is 0 Å². The van der Waals surface area contributed by atoms with Gasteiger partial charge in [-0.2, -0.15) is 0 Å². The number of rotatable bonds is 1. The van der Waals surface area contributed by atoms with Gasteiger partial charge in [0.05, 0.1) is 0 Å². The third-order valence-corrected chi connectivity index (χ3v) is 1.49. The smallest absolute Gasteiger partial charge is 0.150 e. The van der Waals surface area contributed by atoms with Crippen LogP contribution in [0.4, 0.5) is 0 Å². The van der Waals surface area contributed by atoms with Crippen LogP contribution in [0.3, 0.4) is 0 Å². The molecule has 0 aliphatic carbocycles. The van der Waals surface area contributed by atoms with Crippen LogP contribution in [-0.4, -0.2) is 11.3 Å². The summed E-state index contributed by atoms with van der Waals surface area (Å²) in [6.45, 7) is 1.84. The molecule has 0 spiro atoms. The van der Waals surface area contributed by atoms with E-state index in [0.29, 0.717) is 10.2 Å². The van der Waals surface area contributed by atoms with Gasteiger partial charge in [-0.3, -0.25) is 4.79 Å². The summed E-state index contributed by atoms with van der Waals surface area (Å²) in [5.74, 6) is 0. The van der Waals surface area contributed by atoms with Crippen molar-refractivity contribution in [1.82, 2.24) is 4.98 Å². The van der Waals surface area contributed by atoms with Crippen molar-refractivity contribution in [3.05, 3.63) is 28.0 Å². The van der Waals surface area contributed by atoms with Crippen molar-refractivity contribution in [3.63, 3.8) is 0 Å². The normalized spacial score (nSPS) is 9.40. The van der Waals surface area contributed by atoms with Crippen LogP contribution in [0.15, 0.2) is 16.7 Å². The van der Waals surface area contributed by atoms with E-state index in [0.717, 1.165) is 12.0 Å². The fourth-order valence-electron chi connectivity index (χ4n) is 0.721. The lowest BCUT2D eigenvalue weighted by Gasteiger charge is -1.94. The van der Waals surface area contributed by atoms with Gasteiger partial charge in [0.1, 0.15) is 10.9 Å². The molecule has 1 heterocycles. The van der Waals surface area contributed by atoms with Crippen molar-refractivity contribution in [3.8, 4) is 0 Å². The summed E-state index contributed by atoms with van der Waals surface area (Å²) < 4.78 is 0.703. The lowest BCUT2D eigenvalue weighted by molar-refractivity contribution is 0.112. The summed E-state index contributed by atoms with van der Waals surface area (Å²) in [5, 5.41) is 0. The van der Waals surface area contributed by atoms with Gasteiger partial charge >= 0.3 is 0 Å². The van der Waals surface area contributed by atoms with Crippen LogP contribution in [0.2, 0.25) is 0 Å². The average Bonchev–Trinajstić information content (AvgIpc) is 1.85. The summed E-state index contributed by atoms with van der Waals surface area (Å²) >= 11 is 3.18. The first-order valence-electron chi connectivity index (χ1n) is 2.82. The van der Waals surface area contributed by atoms with Crippen LogP contribution in [0, 0.1) is 6.92 Å². The van der Waals surface area contributed by atoms with Crippen molar-refractivity contribution < 1.29 is 4.79 Å².